The number of rotatable bonds is 5. The summed E-state index contributed by atoms with van der Waals surface area (Å²) in [6.45, 7) is 11.9. The number of benzene rings is 4. The molecule has 40 heavy (non-hydrogen) atoms. The van der Waals surface area contributed by atoms with Crippen molar-refractivity contribution < 1.29 is 45.3 Å². The van der Waals surface area contributed by atoms with Gasteiger partial charge in [-0.1, -0.05) is 39.8 Å². The summed E-state index contributed by atoms with van der Waals surface area (Å²) in [7, 11) is 0. The first-order valence-corrected chi connectivity index (χ1v) is 12.9. The molecular formula is C31H34O9. The predicted octanol–water partition coefficient (Wildman–Crippen LogP) is 5.96. The third kappa shape index (κ3) is 4.31. The van der Waals surface area contributed by atoms with Crippen molar-refractivity contribution in [3.8, 4) is 45.6 Å². The average molecular weight is 551 g/mol. The van der Waals surface area contributed by atoms with E-state index < -0.39 is 35.1 Å². The lowest BCUT2D eigenvalue weighted by Crippen LogP contribution is -2.06. The molecule has 4 rings (SSSR count). The van der Waals surface area contributed by atoms with Crippen LogP contribution < -0.4 is 4.74 Å². The fourth-order valence-electron chi connectivity index (χ4n) is 5.72. The van der Waals surface area contributed by atoms with Crippen molar-refractivity contribution in [2.45, 2.75) is 66.6 Å². The SMILES string of the molecule is CC(=O)Oc1c(O)cc2c(O)c(-c3c(C)cc4c(C(C)C)c(O)c(O)c(C(O)O)c4c3O)c(C)cc2c1C(C)C. The van der Waals surface area contributed by atoms with Crippen LogP contribution in [0.25, 0.3) is 32.7 Å². The number of aryl methyl sites for hydroxylation is 2. The van der Waals surface area contributed by atoms with E-state index in [0.29, 0.717) is 33.0 Å². The normalized spacial score (nSPS) is 11.9. The molecule has 0 heterocycles. The van der Waals surface area contributed by atoms with E-state index in [-0.39, 0.29) is 51.0 Å². The minimum atomic E-state index is -2.23. The molecule has 0 atom stereocenters. The van der Waals surface area contributed by atoms with Gasteiger partial charge in [0.2, 0.25) is 0 Å². The van der Waals surface area contributed by atoms with Crippen molar-refractivity contribution in [3.63, 3.8) is 0 Å². The molecule has 0 aromatic heterocycles. The highest BCUT2D eigenvalue weighted by atomic mass is 16.5. The fourth-order valence-corrected chi connectivity index (χ4v) is 5.72. The molecule has 9 heteroatoms. The Labute approximate surface area is 231 Å². The Kier molecular flexibility index (Phi) is 7.25. The van der Waals surface area contributed by atoms with Crippen molar-refractivity contribution in [2.24, 2.45) is 0 Å². The van der Waals surface area contributed by atoms with Gasteiger partial charge < -0.3 is 40.5 Å². The number of aliphatic hydroxyl groups excluding tert-OH is 1. The molecule has 0 aliphatic rings. The Morgan fingerprint density at radius 1 is 0.675 bits per heavy atom. The van der Waals surface area contributed by atoms with Gasteiger partial charge in [0, 0.05) is 39.9 Å². The Bertz CT molecular complexity index is 1700. The first-order valence-electron chi connectivity index (χ1n) is 12.9. The van der Waals surface area contributed by atoms with Gasteiger partial charge in [0.05, 0.1) is 5.56 Å². The topological polar surface area (TPSA) is 168 Å². The second-order valence-electron chi connectivity index (χ2n) is 10.8. The highest BCUT2D eigenvalue weighted by Crippen LogP contribution is 2.54. The lowest BCUT2D eigenvalue weighted by Gasteiger charge is -2.24. The number of phenolic OH excluding ortho intramolecular Hbond substituents is 5. The summed E-state index contributed by atoms with van der Waals surface area (Å²) < 4.78 is 5.31. The molecule has 0 radical (unpaired) electrons. The summed E-state index contributed by atoms with van der Waals surface area (Å²) in [5.41, 5.74) is 1.77. The number of esters is 1. The number of ether oxygens (including phenoxy) is 1. The quantitative estimate of drug-likeness (QED) is 0.0686. The summed E-state index contributed by atoms with van der Waals surface area (Å²) in [5.74, 6) is -3.43. The Morgan fingerprint density at radius 3 is 1.68 bits per heavy atom. The lowest BCUT2D eigenvalue weighted by molar-refractivity contribution is -0.132. The van der Waals surface area contributed by atoms with Gasteiger partial charge in [-0.2, -0.15) is 0 Å². The largest absolute Gasteiger partial charge is 0.507 e. The predicted molar refractivity (Wildman–Crippen MR) is 151 cm³/mol. The number of phenols is 5. The molecule has 0 unspecified atom stereocenters. The third-order valence-corrected chi connectivity index (χ3v) is 7.29. The van der Waals surface area contributed by atoms with E-state index in [1.54, 1.807) is 39.8 Å². The van der Waals surface area contributed by atoms with E-state index in [9.17, 15) is 40.5 Å². The van der Waals surface area contributed by atoms with Gasteiger partial charge in [-0.25, -0.2) is 0 Å². The van der Waals surface area contributed by atoms with Crippen molar-refractivity contribution in [3.05, 3.63) is 46.0 Å². The summed E-state index contributed by atoms with van der Waals surface area (Å²) in [6.07, 6.45) is -2.23. The molecule has 0 amide bonds. The number of hydrogen-bond acceptors (Lipinski definition) is 9. The van der Waals surface area contributed by atoms with Crippen LogP contribution in [0.1, 0.15) is 80.6 Å². The maximum absolute atomic E-state index is 11.7. The van der Waals surface area contributed by atoms with Gasteiger partial charge >= 0.3 is 5.97 Å². The van der Waals surface area contributed by atoms with Crippen molar-refractivity contribution in [2.75, 3.05) is 0 Å². The van der Waals surface area contributed by atoms with E-state index in [1.165, 1.54) is 13.0 Å². The van der Waals surface area contributed by atoms with Crippen LogP contribution in [0.15, 0.2) is 18.2 Å². The van der Waals surface area contributed by atoms with E-state index in [2.05, 4.69) is 0 Å². The number of hydrogen-bond donors (Lipinski definition) is 7. The van der Waals surface area contributed by atoms with Crippen LogP contribution in [0.4, 0.5) is 0 Å². The van der Waals surface area contributed by atoms with Crippen LogP contribution in [0.2, 0.25) is 0 Å². The Hall–Kier alpha value is -4.21. The summed E-state index contributed by atoms with van der Waals surface area (Å²) >= 11 is 0. The summed E-state index contributed by atoms with van der Waals surface area (Å²) in [5, 5.41) is 76.7. The lowest BCUT2D eigenvalue weighted by atomic mass is 9.84. The molecular weight excluding hydrogens is 516 g/mol. The van der Waals surface area contributed by atoms with Crippen LogP contribution >= 0.6 is 0 Å². The molecule has 0 bridgehead atoms. The van der Waals surface area contributed by atoms with E-state index in [1.807, 2.05) is 13.8 Å². The van der Waals surface area contributed by atoms with Gasteiger partial charge in [0.1, 0.15) is 11.5 Å². The fraction of sp³-hybridized carbons (Fsp3) is 0.323. The summed E-state index contributed by atoms with van der Waals surface area (Å²) in [4.78, 5) is 11.7. The Balaban J connectivity index is 2.19. The standard InChI is InChI=1S/C31H34O9/c1-11(2)20-18-9-14(6)23(27(35)24(18)25(31(38)39)29(37)28(20)36)22-13(5)8-16-17(26(22)34)10-19(33)30(40-15(7)32)21(16)12(3)4/h8-12,31,33-39H,1-7H3. The number of carbonyl (C=O) groups excluding carboxylic acids is 1. The van der Waals surface area contributed by atoms with Crippen molar-refractivity contribution in [1.29, 1.82) is 0 Å². The molecule has 7 N–H and O–H groups in total. The molecule has 0 aliphatic carbocycles. The molecule has 4 aromatic carbocycles. The van der Waals surface area contributed by atoms with Crippen LogP contribution in [0, 0.1) is 13.8 Å². The molecule has 9 nitrogen and oxygen atoms in total. The Morgan fingerprint density at radius 2 is 1.18 bits per heavy atom. The number of aromatic hydroxyl groups is 5. The zero-order valence-corrected chi connectivity index (χ0v) is 23.4. The second-order valence-corrected chi connectivity index (χ2v) is 10.8. The van der Waals surface area contributed by atoms with Crippen LogP contribution in [-0.2, 0) is 4.79 Å². The highest BCUT2D eigenvalue weighted by Gasteiger charge is 2.30. The molecule has 4 aromatic rings. The number of aliphatic hydroxyl groups is 2. The molecule has 212 valence electrons. The van der Waals surface area contributed by atoms with Crippen LogP contribution in [0.3, 0.4) is 0 Å². The van der Waals surface area contributed by atoms with Gasteiger partial charge in [0.25, 0.3) is 0 Å². The second kappa shape index (κ2) is 10.1. The van der Waals surface area contributed by atoms with Crippen LogP contribution in [-0.4, -0.2) is 41.7 Å². The maximum Gasteiger partial charge on any atom is 0.308 e. The zero-order valence-electron chi connectivity index (χ0n) is 23.4. The summed E-state index contributed by atoms with van der Waals surface area (Å²) in [6, 6.07) is 4.69. The molecule has 0 spiro atoms. The molecule has 0 saturated carbocycles. The van der Waals surface area contributed by atoms with E-state index >= 15 is 0 Å². The smallest absolute Gasteiger partial charge is 0.308 e. The maximum atomic E-state index is 11.7. The molecule has 0 saturated heterocycles. The molecule has 0 aliphatic heterocycles. The zero-order chi connectivity index (χ0) is 30.0. The van der Waals surface area contributed by atoms with Gasteiger partial charge in [-0.3, -0.25) is 4.79 Å². The van der Waals surface area contributed by atoms with Crippen LogP contribution in [0.5, 0.6) is 34.5 Å². The highest BCUT2D eigenvalue weighted by molar-refractivity contribution is 6.07. The third-order valence-electron chi connectivity index (χ3n) is 7.29. The van der Waals surface area contributed by atoms with Gasteiger partial charge in [-0.15, -0.1) is 0 Å². The van der Waals surface area contributed by atoms with Crippen molar-refractivity contribution >= 4 is 27.5 Å². The minimum Gasteiger partial charge on any atom is -0.507 e. The number of fused-ring (bicyclic) bond motifs is 2. The first-order chi connectivity index (χ1) is 18.6. The molecule has 0 fully saturated rings. The monoisotopic (exact) mass is 550 g/mol. The number of carbonyl (C=O) groups is 1. The minimum absolute atomic E-state index is 0.00403. The average Bonchev–Trinajstić information content (AvgIpc) is 2.82. The van der Waals surface area contributed by atoms with Crippen molar-refractivity contribution in [1.82, 2.24) is 0 Å². The first kappa shape index (κ1) is 28.8. The van der Waals surface area contributed by atoms with Gasteiger partial charge in [0.15, 0.2) is 29.3 Å². The van der Waals surface area contributed by atoms with E-state index in [4.69, 9.17) is 4.74 Å². The van der Waals surface area contributed by atoms with Gasteiger partial charge in [-0.05, 0) is 53.6 Å². The van der Waals surface area contributed by atoms with E-state index in [0.717, 1.165) is 0 Å².